The fraction of sp³-hybridized carbons (Fsp3) is 0.562. The number of amides is 1. The van der Waals surface area contributed by atoms with Crippen molar-refractivity contribution in [1.82, 2.24) is 10.1 Å². The van der Waals surface area contributed by atoms with E-state index in [0.29, 0.717) is 23.0 Å². The lowest BCUT2D eigenvalue weighted by Crippen LogP contribution is -2.35. The second-order valence-corrected chi connectivity index (χ2v) is 12.0. The van der Waals surface area contributed by atoms with Gasteiger partial charge in [0.25, 0.3) is 0 Å². The van der Waals surface area contributed by atoms with Crippen LogP contribution in [0.4, 0.5) is 10.1 Å². The highest BCUT2D eigenvalue weighted by atomic mass is 19.1. The molecule has 3 fully saturated rings. The van der Waals surface area contributed by atoms with E-state index in [9.17, 15) is 9.18 Å². The summed E-state index contributed by atoms with van der Waals surface area (Å²) in [5, 5.41) is 5.12. The molecule has 1 aliphatic carbocycles. The maximum atomic E-state index is 13.8. The molecule has 208 valence electrons. The minimum atomic E-state index is -0.301. The van der Waals surface area contributed by atoms with Gasteiger partial charge in [0.15, 0.2) is 5.58 Å². The number of anilines is 1. The van der Waals surface area contributed by atoms with E-state index in [4.69, 9.17) is 10.3 Å². The summed E-state index contributed by atoms with van der Waals surface area (Å²) in [7, 11) is 0. The molecule has 0 bridgehead atoms. The SMILES string of the molecule is NC(=O)c1ccc(N2CCCCC2)cc1C1CCC(CCN2CCC(c3noc4ccc(F)cc34)CC2)CC1. The summed E-state index contributed by atoms with van der Waals surface area (Å²) in [6, 6.07) is 11.0. The number of rotatable bonds is 7. The molecule has 3 aliphatic rings. The molecule has 2 N–H and O–H groups in total. The number of carbonyl (C=O) groups is 1. The number of carbonyl (C=O) groups excluding carboxylic acids is 1. The number of halogens is 1. The molecular weight excluding hydrogens is 491 g/mol. The quantitative estimate of drug-likeness (QED) is 0.371. The molecule has 2 saturated heterocycles. The van der Waals surface area contributed by atoms with E-state index in [1.54, 1.807) is 12.1 Å². The fourth-order valence-electron chi connectivity index (χ4n) is 7.24. The first-order chi connectivity index (χ1) is 19.0. The predicted molar refractivity (Wildman–Crippen MR) is 153 cm³/mol. The number of piperidine rings is 2. The summed E-state index contributed by atoms with van der Waals surface area (Å²) in [4.78, 5) is 17.3. The minimum absolute atomic E-state index is 0.236. The van der Waals surface area contributed by atoms with Crippen molar-refractivity contribution in [1.29, 1.82) is 0 Å². The molecule has 0 atom stereocenters. The first-order valence-corrected chi connectivity index (χ1v) is 15.0. The standard InChI is InChI=1S/C32H41FN4O2/c33-25-8-11-30-29(20-25)31(35-39-30)24-13-18-36(19-14-24)17-12-22-4-6-23(7-5-22)28-21-26(9-10-27(28)32(34)38)37-15-2-1-3-16-37/h8-11,20-24H,1-7,12-19H2,(H2,34,38). The van der Waals surface area contributed by atoms with E-state index in [1.807, 2.05) is 6.07 Å². The van der Waals surface area contributed by atoms with Gasteiger partial charge in [0.05, 0.1) is 5.69 Å². The first-order valence-electron chi connectivity index (χ1n) is 15.0. The normalized spacial score (nSPS) is 23.4. The molecule has 3 aromatic rings. The number of fused-ring (bicyclic) bond motifs is 1. The second kappa shape index (κ2) is 11.7. The Bertz CT molecular complexity index is 1280. The number of primary amides is 1. The average Bonchev–Trinajstić information content (AvgIpc) is 3.40. The van der Waals surface area contributed by atoms with E-state index < -0.39 is 0 Å². The Hall–Kier alpha value is -2.93. The van der Waals surface area contributed by atoms with E-state index in [0.717, 1.165) is 75.4 Å². The van der Waals surface area contributed by atoms with E-state index in [2.05, 4.69) is 27.1 Å². The molecule has 2 aromatic carbocycles. The maximum absolute atomic E-state index is 13.8. The van der Waals surface area contributed by atoms with Crippen LogP contribution < -0.4 is 10.6 Å². The van der Waals surface area contributed by atoms with E-state index in [-0.39, 0.29) is 11.7 Å². The average molecular weight is 533 g/mol. The van der Waals surface area contributed by atoms with Gasteiger partial charge in [-0.05, 0) is 138 Å². The molecule has 1 saturated carbocycles. The number of likely N-dealkylation sites (tertiary alicyclic amines) is 1. The summed E-state index contributed by atoms with van der Waals surface area (Å²) in [6.07, 6.45) is 11.8. The zero-order valence-electron chi connectivity index (χ0n) is 22.9. The van der Waals surface area contributed by atoms with Crippen LogP contribution in [0, 0.1) is 11.7 Å². The van der Waals surface area contributed by atoms with Gasteiger partial charge in [0.2, 0.25) is 5.91 Å². The predicted octanol–water partition coefficient (Wildman–Crippen LogP) is 6.60. The van der Waals surface area contributed by atoms with Crippen molar-refractivity contribution in [3.63, 3.8) is 0 Å². The van der Waals surface area contributed by atoms with E-state index in [1.165, 1.54) is 55.8 Å². The summed E-state index contributed by atoms with van der Waals surface area (Å²) in [6.45, 7) is 5.44. The number of nitrogens with two attached hydrogens (primary N) is 1. The monoisotopic (exact) mass is 532 g/mol. The third kappa shape index (κ3) is 5.84. The highest BCUT2D eigenvalue weighted by molar-refractivity contribution is 5.95. The van der Waals surface area contributed by atoms with Crippen LogP contribution in [0.3, 0.4) is 0 Å². The molecule has 1 amide bonds. The maximum Gasteiger partial charge on any atom is 0.248 e. The lowest BCUT2D eigenvalue weighted by molar-refractivity contribution is 0.0998. The van der Waals surface area contributed by atoms with Gasteiger partial charge in [0, 0.05) is 35.6 Å². The van der Waals surface area contributed by atoms with Crippen LogP contribution in [0.15, 0.2) is 40.9 Å². The zero-order valence-corrected chi connectivity index (χ0v) is 22.9. The minimum Gasteiger partial charge on any atom is -0.372 e. The first kappa shape index (κ1) is 26.3. The number of nitrogens with zero attached hydrogens (tertiary/aromatic N) is 3. The van der Waals surface area contributed by atoms with Gasteiger partial charge in [-0.1, -0.05) is 5.16 Å². The van der Waals surface area contributed by atoms with Crippen molar-refractivity contribution >= 4 is 22.6 Å². The summed E-state index contributed by atoms with van der Waals surface area (Å²) in [5.74, 6) is 0.958. The lowest BCUT2D eigenvalue weighted by atomic mass is 9.76. The fourth-order valence-corrected chi connectivity index (χ4v) is 7.24. The van der Waals surface area contributed by atoms with Crippen LogP contribution in [0.5, 0.6) is 0 Å². The number of aromatic nitrogens is 1. The van der Waals surface area contributed by atoms with Crippen molar-refractivity contribution in [3.8, 4) is 0 Å². The molecular formula is C32H41FN4O2. The Labute approximate surface area is 230 Å². The lowest BCUT2D eigenvalue weighted by Gasteiger charge is -2.35. The molecule has 0 radical (unpaired) electrons. The van der Waals surface area contributed by atoms with Crippen molar-refractivity contribution in [2.24, 2.45) is 11.7 Å². The van der Waals surface area contributed by atoms with Gasteiger partial charge in [0.1, 0.15) is 5.82 Å². The molecule has 6 rings (SSSR count). The second-order valence-electron chi connectivity index (χ2n) is 12.0. The molecule has 6 nitrogen and oxygen atoms in total. The van der Waals surface area contributed by atoms with Crippen LogP contribution in [0.2, 0.25) is 0 Å². The highest BCUT2D eigenvalue weighted by Gasteiger charge is 2.28. The van der Waals surface area contributed by atoms with Gasteiger partial charge in [-0.25, -0.2) is 4.39 Å². The molecule has 0 spiro atoms. The van der Waals surface area contributed by atoms with Crippen LogP contribution >= 0.6 is 0 Å². The largest absolute Gasteiger partial charge is 0.372 e. The molecule has 0 unspecified atom stereocenters. The van der Waals surface area contributed by atoms with Crippen LogP contribution in [0.25, 0.3) is 11.0 Å². The summed E-state index contributed by atoms with van der Waals surface area (Å²) in [5.41, 5.74) is 10.5. The van der Waals surface area contributed by atoms with E-state index >= 15 is 0 Å². The van der Waals surface area contributed by atoms with Crippen molar-refractivity contribution in [2.75, 3.05) is 37.6 Å². The Morgan fingerprint density at radius 3 is 2.44 bits per heavy atom. The van der Waals surface area contributed by atoms with Gasteiger partial charge >= 0.3 is 0 Å². The summed E-state index contributed by atoms with van der Waals surface area (Å²) >= 11 is 0. The third-order valence-electron chi connectivity index (χ3n) is 9.60. The molecule has 7 heteroatoms. The molecule has 2 aliphatic heterocycles. The van der Waals surface area contributed by atoms with Gasteiger partial charge < -0.3 is 20.1 Å². The summed E-state index contributed by atoms with van der Waals surface area (Å²) < 4.78 is 19.2. The van der Waals surface area contributed by atoms with Gasteiger partial charge in [-0.2, -0.15) is 0 Å². The molecule has 39 heavy (non-hydrogen) atoms. The highest BCUT2D eigenvalue weighted by Crippen LogP contribution is 2.40. The van der Waals surface area contributed by atoms with Crippen LogP contribution in [-0.4, -0.2) is 48.7 Å². The Morgan fingerprint density at radius 2 is 1.69 bits per heavy atom. The van der Waals surface area contributed by atoms with Crippen LogP contribution in [-0.2, 0) is 0 Å². The molecule has 1 aromatic heterocycles. The zero-order chi connectivity index (χ0) is 26.8. The Balaban J connectivity index is 1.00. The third-order valence-corrected chi connectivity index (χ3v) is 9.60. The Kier molecular flexibility index (Phi) is 7.87. The Morgan fingerprint density at radius 1 is 0.923 bits per heavy atom. The number of hydrogen-bond donors (Lipinski definition) is 1. The topological polar surface area (TPSA) is 75.6 Å². The van der Waals surface area contributed by atoms with Crippen LogP contribution in [0.1, 0.15) is 97.7 Å². The molecule has 3 heterocycles. The number of benzene rings is 2. The van der Waals surface area contributed by atoms with Gasteiger partial charge in [-0.15, -0.1) is 0 Å². The number of hydrogen-bond acceptors (Lipinski definition) is 5. The van der Waals surface area contributed by atoms with Crippen molar-refractivity contribution in [3.05, 3.63) is 59.0 Å². The van der Waals surface area contributed by atoms with Crippen molar-refractivity contribution < 1.29 is 13.7 Å². The van der Waals surface area contributed by atoms with Crippen molar-refractivity contribution in [2.45, 2.75) is 76.0 Å². The smallest absolute Gasteiger partial charge is 0.248 e. The van der Waals surface area contributed by atoms with Gasteiger partial charge in [-0.3, -0.25) is 4.79 Å².